The summed E-state index contributed by atoms with van der Waals surface area (Å²) in [5, 5.41) is 8.42. The Morgan fingerprint density at radius 1 is 1.60 bits per heavy atom. The Labute approximate surface area is 82.9 Å². The summed E-state index contributed by atoms with van der Waals surface area (Å²) in [4.78, 5) is 26.3. The first-order chi connectivity index (χ1) is 7.15. The smallest absolute Gasteiger partial charge is 0.478 e. The van der Waals surface area contributed by atoms with Crippen molar-refractivity contribution in [1.29, 1.82) is 0 Å². The zero-order valence-electron chi connectivity index (χ0n) is 7.48. The molecule has 76 valence electrons. The van der Waals surface area contributed by atoms with Crippen molar-refractivity contribution in [2.45, 2.75) is 0 Å². The van der Waals surface area contributed by atoms with Crippen molar-refractivity contribution in [3.05, 3.63) is 34.5 Å². The van der Waals surface area contributed by atoms with E-state index in [-0.39, 0.29) is 0 Å². The number of nitrogens with one attached hydrogen (secondary N) is 2. The summed E-state index contributed by atoms with van der Waals surface area (Å²) in [6.07, 6.45) is 3.96. The number of oxazole rings is 1. The molecule has 2 aromatic rings. The maximum atomic E-state index is 10.8. The van der Waals surface area contributed by atoms with Crippen LogP contribution in [-0.2, 0) is 4.79 Å². The zero-order chi connectivity index (χ0) is 10.8. The van der Waals surface area contributed by atoms with Crippen molar-refractivity contribution in [2.24, 2.45) is 0 Å². The Bertz CT molecular complexity index is 593. The molecule has 2 heterocycles. The lowest BCUT2D eigenvalue weighted by molar-refractivity contribution is -0.347. The van der Waals surface area contributed by atoms with Gasteiger partial charge in [-0.1, -0.05) is 0 Å². The first-order valence-electron chi connectivity index (χ1n) is 4.11. The minimum absolute atomic E-state index is 0.354. The van der Waals surface area contributed by atoms with Gasteiger partial charge in [0.25, 0.3) is 0 Å². The lowest BCUT2D eigenvalue weighted by Gasteiger charge is -1.87. The fraction of sp³-hybridized carbons (Fsp3) is 0. The van der Waals surface area contributed by atoms with E-state index in [0.717, 1.165) is 6.08 Å². The number of aliphatic carboxylic acids is 1. The highest BCUT2D eigenvalue weighted by Gasteiger charge is 2.07. The number of carboxylic acids is 1. The molecule has 0 aliphatic rings. The Morgan fingerprint density at radius 3 is 3.13 bits per heavy atom. The second kappa shape index (κ2) is 3.41. The van der Waals surface area contributed by atoms with Crippen LogP contribution < -0.4 is 10.7 Å². The first kappa shape index (κ1) is 9.20. The summed E-state index contributed by atoms with van der Waals surface area (Å²) in [7, 11) is 0. The quantitative estimate of drug-likeness (QED) is 0.679. The van der Waals surface area contributed by atoms with Crippen LogP contribution in [0, 0.1) is 0 Å². The van der Waals surface area contributed by atoms with Gasteiger partial charge in [0.1, 0.15) is 0 Å². The van der Waals surface area contributed by atoms with Crippen LogP contribution in [0.3, 0.4) is 0 Å². The molecule has 2 rings (SSSR count). The van der Waals surface area contributed by atoms with E-state index in [1.165, 1.54) is 6.08 Å². The molecule has 0 aliphatic carbocycles. The van der Waals surface area contributed by atoms with Gasteiger partial charge in [0.15, 0.2) is 0 Å². The summed E-state index contributed by atoms with van der Waals surface area (Å²) in [6.45, 7) is 0. The zero-order valence-corrected chi connectivity index (χ0v) is 7.48. The van der Waals surface area contributed by atoms with E-state index in [9.17, 15) is 9.59 Å². The van der Waals surface area contributed by atoms with E-state index in [1.807, 2.05) is 0 Å². The van der Waals surface area contributed by atoms with Gasteiger partial charge >= 0.3 is 17.4 Å². The average Bonchev–Trinajstić information content (AvgIpc) is 2.53. The van der Waals surface area contributed by atoms with E-state index < -0.39 is 11.7 Å². The molecule has 15 heavy (non-hydrogen) atoms. The molecule has 0 amide bonds. The third kappa shape index (κ3) is 1.93. The van der Waals surface area contributed by atoms with Crippen LogP contribution in [0.1, 0.15) is 5.56 Å². The number of hydrogen-bond acceptors (Lipinski definition) is 3. The van der Waals surface area contributed by atoms with Crippen molar-refractivity contribution in [3.63, 3.8) is 0 Å². The Morgan fingerprint density at radius 2 is 2.40 bits per heavy atom. The molecular formula is C9H7N2O4+. The number of hydrogen-bond donors (Lipinski definition) is 2. The topological polar surface area (TPSA) is 97.4 Å². The van der Waals surface area contributed by atoms with Gasteiger partial charge in [-0.25, -0.2) is 9.78 Å². The molecule has 0 atom stereocenters. The number of fused-ring (bicyclic) bond motifs is 1. The molecule has 0 saturated carbocycles. The highest BCUT2D eigenvalue weighted by molar-refractivity contribution is 5.85. The molecule has 0 bridgehead atoms. The highest BCUT2D eigenvalue weighted by Crippen LogP contribution is 2.07. The van der Waals surface area contributed by atoms with Gasteiger partial charge in [0.2, 0.25) is 5.58 Å². The van der Waals surface area contributed by atoms with Crippen LogP contribution in [0.25, 0.3) is 17.3 Å². The fourth-order valence-electron chi connectivity index (χ4n) is 1.16. The Kier molecular flexibility index (Phi) is 2.09. The Hall–Kier alpha value is -2.37. The largest absolute Gasteiger partial charge is 0.510 e. The van der Waals surface area contributed by atoms with Crippen LogP contribution in [0.5, 0.6) is 0 Å². The van der Waals surface area contributed by atoms with Crippen molar-refractivity contribution in [2.75, 3.05) is 0 Å². The minimum atomic E-state index is -1.04. The lowest BCUT2D eigenvalue weighted by atomic mass is 10.2. The predicted octanol–water partition coefficient (Wildman–Crippen LogP) is 0.0330. The second-order valence-corrected chi connectivity index (χ2v) is 2.86. The highest BCUT2D eigenvalue weighted by atomic mass is 16.4. The number of rotatable bonds is 2. The summed E-state index contributed by atoms with van der Waals surface area (Å²) in [5.74, 6) is -1.59. The Balaban J connectivity index is 2.46. The molecule has 0 aromatic carbocycles. The number of H-pyrrole nitrogens is 2. The molecule has 0 radical (unpaired) electrons. The molecule has 0 aliphatic heterocycles. The normalized spacial score (nSPS) is 11.2. The van der Waals surface area contributed by atoms with Gasteiger partial charge in [-0.05, 0) is 6.08 Å². The SMILES string of the molecule is O=C(O)C=Cc1c[nH+]c2[nH]c(=O)oc2c1. The number of carboxylic acid groups (broad SMARTS) is 1. The fourth-order valence-corrected chi connectivity index (χ4v) is 1.16. The van der Waals surface area contributed by atoms with Crippen LogP contribution in [0.15, 0.2) is 27.6 Å². The maximum Gasteiger partial charge on any atom is 0.510 e. The van der Waals surface area contributed by atoms with Gasteiger partial charge in [-0.3, -0.25) is 0 Å². The van der Waals surface area contributed by atoms with E-state index >= 15 is 0 Å². The van der Waals surface area contributed by atoms with E-state index in [4.69, 9.17) is 9.52 Å². The standard InChI is InChI=1S/C9H6N2O4/c12-7(13)2-1-5-3-6-8(10-4-5)11-9(14)15-6/h1-4H,(H,12,13)(H,10,11,14)/p+1. The van der Waals surface area contributed by atoms with E-state index in [2.05, 4.69) is 9.97 Å². The number of carbonyl (C=O) groups is 1. The molecule has 0 spiro atoms. The van der Waals surface area contributed by atoms with Crippen molar-refractivity contribution in [1.82, 2.24) is 4.98 Å². The molecule has 0 unspecified atom stereocenters. The molecule has 3 N–H and O–H groups in total. The predicted molar refractivity (Wildman–Crippen MR) is 50.1 cm³/mol. The molecule has 0 fully saturated rings. The minimum Gasteiger partial charge on any atom is -0.478 e. The third-order valence-corrected chi connectivity index (χ3v) is 1.78. The third-order valence-electron chi connectivity index (χ3n) is 1.78. The molecular weight excluding hydrogens is 200 g/mol. The molecule has 0 saturated heterocycles. The van der Waals surface area contributed by atoms with E-state index in [0.29, 0.717) is 16.8 Å². The number of aromatic nitrogens is 2. The van der Waals surface area contributed by atoms with Crippen molar-refractivity contribution in [3.8, 4) is 0 Å². The molecule has 6 nitrogen and oxygen atoms in total. The van der Waals surface area contributed by atoms with Crippen molar-refractivity contribution >= 4 is 23.3 Å². The summed E-state index contributed by atoms with van der Waals surface area (Å²) in [6, 6.07) is 1.56. The summed E-state index contributed by atoms with van der Waals surface area (Å²) < 4.78 is 4.79. The number of pyridine rings is 1. The number of aromatic amines is 2. The monoisotopic (exact) mass is 207 g/mol. The van der Waals surface area contributed by atoms with Gasteiger partial charge in [-0.15, -0.1) is 0 Å². The average molecular weight is 207 g/mol. The van der Waals surface area contributed by atoms with Crippen LogP contribution in [0.4, 0.5) is 0 Å². The van der Waals surface area contributed by atoms with Crippen LogP contribution in [-0.4, -0.2) is 16.1 Å². The van der Waals surface area contributed by atoms with Gasteiger partial charge in [0, 0.05) is 17.7 Å². The van der Waals surface area contributed by atoms with Gasteiger partial charge in [0.05, 0.1) is 6.20 Å². The summed E-state index contributed by atoms with van der Waals surface area (Å²) >= 11 is 0. The van der Waals surface area contributed by atoms with Crippen LogP contribution in [0.2, 0.25) is 0 Å². The first-order valence-corrected chi connectivity index (χ1v) is 4.11. The van der Waals surface area contributed by atoms with E-state index in [1.54, 1.807) is 12.3 Å². The summed E-state index contributed by atoms with van der Waals surface area (Å²) in [5.41, 5.74) is 1.42. The van der Waals surface area contributed by atoms with Gasteiger partial charge in [-0.2, -0.15) is 9.78 Å². The second-order valence-electron chi connectivity index (χ2n) is 2.86. The van der Waals surface area contributed by atoms with Crippen molar-refractivity contribution < 1.29 is 19.3 Å². The van der Waals surface area contributed by atoms with Gasteiger partial charge < -0.3 is 9.52 Å². The maximum absolute atomic E-state index is 10.8. The molecule has 2 aromatic heterocycles. The molecule has 6 heteroatoms. The van der Waals surface area contributed by atoms with Crippen LogP contribution >= 0.6 is 0 Å². The lowest BCUT2D eigenvalue weighted by Crippen LogP contribution is -2.05.